The number of hydrogen-bond acceptors (Lipinski definition) is 6. The first-order valence-corrected chi connectivity index (χ1v) is 7.15. The summed E-state index contributed by atoms with van der Waals surface area (Å²) in [5, 5.41) is 0. The van der Waals surface area contributed by atoms with Crippen LogP contribution in [0.5, 0.6) is 0 Å². The Kier molecular flexibility index (Phi) is 3.73. The van der Waals surface area contributed by atoms with E-state index in [1.54, 1.807) is 18.2 Å². The van der Waals surface area contributed by atoms with Crippen LogP contribution in [0.1, 0.15) is 23.2 Å². The molecule has 0 aliphatic carbocycles. The molecule has 0 saturated carbocycles. The van der Waals surface area contributed by atoms with E-state index in [1.165, 1.54) is 7.11 Å². The fourth-order valence-electron chi connectivity index (χ4n) is 3.05. The number of anilines is 2. The summed E-state index contributed by atoms with van der Waals surface area (Å²) in [5.74, 6) is -0.809. The van der Waals surface area contributed by atoms with Crippen molar-refractivity contribution < 1.29 is 19.0 Å². The van der Waals surface area contributed by atoms with Gasteiger partial charge in [-0.2, -0.15) is 0 Å². The Labute approximate surface area is 123 Å². The molecular formula is C15H20N2O4. The summed E-state index contributed by atoms with van der Waals surface area (Å²) in [4.78, 5) is 14.0. The quantitative estimate of drug-likeness (QED) is 0.656. The summed E-state index contributed by atoms with van der Waals surface area (Å²) in [6, 6.07) is 5.30. The molecular weight excluding hydrogens is 272 g/mol. The van der Waals surface area contributed by atoms with Crippen LogP contribution in [0.25, 0.3) is 0 Å². The van der Waals surface area contributed by atoms with Gasteiger partial charge in [-0.25, -0.2) is 4.79 Å². The molecule has 6 nitrogen and oxygen atoms in total. The minimum Gasteiger partial charge on any atom is -0.465 e. The standard InChI is InChI=1S/C15H20N2O4/c1-19-14(18)11-3-2-4-12(16)13(11)17-7-5-15(6-8-17)20-9-10-21-15/h2-4H,5-10,16H2,1H3. The van der Waals surface area contributed by atoms with Crippen molar-refractivity contribution in [3.05, 3.63) is 23.8 Å². The molecule has 1 aromatic carbocycles. The Hall–Kier alpha value is -1.79. The van der Waals surface area contributed by atoms with E-state index in [0.29, 0.717) is 24.5 Å². The zero-order valence-corrected chi connectivity index (χ0v) is 12.1. The highest BCUT2D eigenvalue weighted by Gasteiger charge is 2.40. The topological polar surface area (TPSA) is 74.0 Å². The zero-order valence-electron chi connectivity index (χ0n) is 12.1. The summed E-state index contributed by atoms with van der Waals surface area (Å²) in [6.07, 6.45) is 1.53. The molecule has 0 bridgehead atoms. The van der Waals surface area contributed by atoms with Gasteiger partial charge in [0, 0.05) is 25.9 Å². The van der Waals surface area contributed by atoms with Crippen LogP contribution in [0, 0.1) is 0 Å². The van der Waals surface area contributed by atoms with E-state index in [2.05, 4.69) is 4.90 Å². The Balaban J connectivity index is 1.83. The molecule has 3 rings (SSSR count). The molecule has 2 aliphatic rings. The van der Waals surface area contributed by atoms with Crippen LogP contribution in [0.4, 0.5) is 11.4 Å². The highest BCUT2D eigenvalue weighted by molar-refractivity contribution is 5.99. The van der Waals surface area contributed by atoms with Crippen LogP contribution < -0.4 is 10.6 Å². The largest absolute Gasteiger partial charge is 0.465 e. The van der Waals surface area contributed by atoms with Crippen molar-refractivity contribution in [2.45, 2.75) is 18.6 Å². The minimum absolute atomic E-state index is 0.369. The molecule has 0 aromatic heterocycles. The Morgan fingerprint density at radius 2 is 1.95 bits per heavy atom. The fourth-order valence-corrected chi connectivity index (χ4v) is 3.05. The average Bonchev–Trinajstić information content (AvgIpc) is 2.96. The molecule has 2 fully saturated rings. The van der Waals surface area contributed by atoms with Gasteiger partial charge in [0.1, 0.15) is 0 Å². The fraction of sp³-hybridized carbons (Fsp3) is 0.533. The number of methoxy groups -OCH3 is 1. The first-order valence-electron chi connectivity index (χ1n) is 7.15. The van der Waals surface area contributed by atoms with Crippen LogP contribution in [0.3, 0.4) is 0 Å². The van der Waals surface area contributed by atoms with Gasteiger partial charge < -0.3 is 24.8 Å². The first-order chi connectivity index (χ1) is 10.2. The van der Waals surface area contributed by atoms with Gasteiger partial charge in [0.2, 0.25) is 0 Å². The van der Waals surface area contributed by atoms with E-state index in [1.807, 2.05) is 0 Å². The lowest BCUT2D eigenvalue weighted by Gasteiger charge is -2.39. The highest BCUT2D eigenvalue weighted by Crippen LogP contribution is 2.36. The summed E-state index contributed by atoms with van der Waals surface area (Å²) in [6.45, 7) is 2.78. The van der Waals surface area contributed by atoms with E-state index >= 15 is 0 Å². The van der Waals surface area contributed by atoms with E-state index in [-0.39, 0.29) is 5.97 Å². The number of carbonyl (C=O) groups excluding carboxylic acids is 1. The van der Waals surface area contributed by atoms with Crippen LogP contribution in [-0.2, 0) is 14.2 Å². The highest BCUT2D eigenvalue weighted by atomic mass is 16.7. The zero-order chi connectivity index (χ0) is 14.9. The molecule has 0 unspecified atom stereocenters. The lowest BCUT2D eigenvalue weighted by molar-refractivity contribution is -0.169. The molecule has 114 valence electrons. The van der Waals surface area contributed by atoms with Gasteiger partial charge >= 0.3 is 5.97 Å². The maximum absolute atomic E-state index is 11.9. The van der Waals surface area contributed by atoms with Gasteiger partial charge in [0.15, 0.2) is 5.79 Å². The smallest absolute Gasteiger partial charge is 0.340 e. The number of esters is 1. The third kappa shape index (κ3) is 2.56. The number of hydrogen-bond donors (Lipinski definition) is 1. The van der Waals surface area contributed by atoms with Crippen molar-refractivity contribution in [3.8, 4) is 0 Å². The Morgan fingerprint density at radius 3 is 2.57 bits per heavy atom. The van der Waals surface area contributed by atoms with Crippen LogP contribution in [0.2, 0.25) is 0 Å². The van der Waals surface area contributed by atoms with Crippen LogP contribution >= 0.6 is 0 Å². The van der Waals surface area contributed by atoms with E-state index < -0.39 is 5.79 Å². The summed E-state index contributed by atoms with van der Waals surface area (Å²) >= 11 is 0. The second kappa shape index (κ2) is 5.54. The molecule has 6 heteroatoms. The lowest BCUT2D eigenvalue weighted by atomic mass is 10.0. The summed E-state index contributed by atoms with van der Waals surface area (Å²) in [7, 11) is 1.38. The number of carbonyl (C=O) groups is 1. The van der Waals surface area contributed by atoms with Crippen molar-refractivity contribution in [2.24, 2.45) is 0 Å². The molecule has 2 N–H and O–H groups in total. The van der Waals surface area contributed by atoms with Crippen LogP contribution in [-0.4, -0.2) is 45.2 Å². The van der Waals surface area contributed by atoms with E-state index in [4.69, 9.17) is 19.9 Å². The van der Waals surface area contributed by atoms with Crippen molar-refractivity contribution in [1.82, 2.24) is 0 Å². The first kappa shape index (κ1) is 14.2. The van der Waals surface area contributed by atoms with Gasteiger partial charge in [-0.1, -0.05) is 6.07 Å². The predicted molar refractivity (Wildman–Crippen MR) is 78.3 cm³/mol. The number of rotatable bonds is 2. The molecule has 0 radical (unpaired) electrons. The number of benzene rings is 1. The van der Waals surface area contributed by atoms with Crippen molar-refractivity contribution in [1.29, 1.82) is 0 Å². The number of nitrogens with two attached hydrogens (primary N) is 1. The number of para-hydroxylation sites is 1. The number of piperidine rings is 1. The Bertz CT molecular complexity index is 530. The van der Waals surface area contributed by atoms with E-state index in [0.717, 1.165) is 31.6 Å². The minimum atomic E-state index is -0.439. The third-order valence-electron chi connectivity index (χ3n) is 4.13. The van der Waals surface area contributed by atoms with Gasteiger partial charge in [-0.15, -0.1) is 0 Å². The van der Waals surface area contributed by atoms with Gasteiger partial charge in [0.05, 0.1) is 37.3 Å². The second-order valence-corrected chi connectivity index (χ2v) is 5.33. The normalized spacial score (nSPS) is 20.7. The van der Waals surface area contributed by atoms with Crippen molar-refractivity contribution in [2.75, 3.05) is 44.0 Å². The van der Waals surface area contributed by atoms with Crippen molar-refractivity contribution in [3.63, 3.8) is 0 Å². The number of nitrogens with zero attached hydrogens (tertiary/aromatic N) is 1. The molecule has 1 aromatic rings. The Morgan fingerprint density at radius 1 is 1.29 bits per heavy atom. The number of nitrogen functional groups attached to an aromatic ring is 1. The predicted octanol–water partition coefficient (Wildman–Crippen LogP) is 1.40. The lowest BCUT2D eigenvalue weighted by Crippen LogP contribution is -2.45. The molecule has 0 amide bonds. The van der Waals surface area contributed by atoms with Crippen LogP contribution in [0.15, 0.2) is 18.2 Å². The number of ether oxygens (including phenoxy) is 3. The maximum Gasteiger partial charge on any atom is 0.340 e. The second-order valence-electron chi connectivity index (χ2n) is 5.33. The molecule has 2 aliphatic heterocycles. The monoisotopic (exact) mass is 292 g/mol. The average molecular weight is 292 g/mol. The third-order valence-corrected chi connectivity index (χ3v) is 4.13. The molecule has 2 saturated heterocycles. The van der Waals surface area contributed by atoms with E-state index in [9.17, 15) is 4.79 Å². The summed E-state index contributed by atoms with van der Waals surface area (Å²) < 4.78 is 16.3. The molecule has 1 spiro atoms. The molecule has 0 atom stereocenters. The van der Waals surface area contributed by atoms with Gasteiger partial charge in [-0.3, -0.25) is 0 Å². The molecule has 2 heterocycles. The molecule has 21 heavy (non-hydrogen) atoms. The summed E-state index contributed by atoms with van der Waals surface area (Å²) in [5.41, 5.74) is 7.91. The maximum atomic E-state index is 11.9. The van der Waals surface area contributed by atoms with Gasteiger partial charge in [-0.05, 0) is 12.1 Å². The SMILES string of the molecule is COC(=O)c1cccc(N)c1N1CCC2(CC1)OCCO2. The van der Waals surface area contributed by atoms with Gasteiger partial charge in [0.25, 0.3) is 0 Å². The van der Waals surface area contributed by atoms with Crippen molar-refractivity contribution >= 4 is 17.3 Å².